The average molecular weight is 124 g/mol. The minimum Gasteiger partial charge on any atom is -0.0625 e. The molecule has 0 spiro atoms. The monoisotopic (exact) mass is 124 g/mol. The molecule has 0 aliphatic heterocycles. The van der Waals surface area contributed by atoms with Crippen molar-refractivity contribution < 1.29 is 0 Å². The lowest BCUT2D eigenvalue weighted by atomic mass is 10.0. The van der Waals surface area contributed by atoms with E-state index in [2.05, 4.69) is 13.8 Å². The van der Waals surface area contributed by atoms with E-state index >= 15 is 0 Å². The van der Waals surface area contributed by atoms with E-state index in [0.29, 0.717) is 0 Å². The van der Waals surface area contributed by atoms with Gasteiger partial charge in [-0.2, -0.15) is 0 Å². The standard InChI is InChI=1S/C9H16/c1-6(2)9-7-4-3-5-8(7)9/h6-9H,3-5H2,1-2H3/t7-,8+,9?. The molecule has 9 heavy (non-hydrogen) atoms. The molecule has 2 aliphatic carbocycles. The molecule has 52 valence electrons. The van der Waals surface area contributed by atoms with Crippen molar-refractivity contribution in [2.75, 3.05) is 0 Å². The average Bonchev–Trinajstić information content (AvgIpc) is 2.30. The second-order valence-electron chi connectivity index (χ2n) is 4.08. The van der Waals surface area contributed by atoms with Crippen molar-refractivity contribution in [2.24, 2.45) is 23.7 Å². The highest BCUT2D eigenvalue weighted by Crippen LogP contribution is 2.60. The zero-order chi connectivity index (χ0) is 6.43. The van der Waals surface area contributed by atoms with Crippen LogP contribution in [0.4, 0.5) is 0 Å². The quantitative estimate of drug-likeness (QED) is 0.504. The van der Waals surface area contributed by atoms with Crippen LogP contribution in [0.15, 0.2) is 0 Å². The lowest BCUT2D eigenvalue weighted by Crippen LogP contribution is -1.95. The van der Waals surface area contributed by atoms with Crippen LogP contribution < -0.4 is 0 Å². The SMILES string of the molecule is CC(C)C1[C@H]2CCC[C@@H]12. The van der Waals surface area contributed by atoms with Gasteiger partial charge in [-0.25, -0.2) is 0 Å². The number of hydrogen-bond acceptors (Lipinski definition) is 0. The number of rotatable bonds is 1. The molecule has 0 heteroatoms. The third-order valence-electron chi connectivity index (χ3n) is 3.24. The van der Waals surface area contributed by atoms with Crippen LogP contribution in [0.25, 0.3) is 0 Å². The predicted octanol–water partition coefficient (Wildman–Crippen LogP) is 2.69. The Hall–Kier alpha value is 0. The highest BCUT2D eigenvalue weighted by Gasteiger charge is 2.53. The fourth-order valence-electron chi connectivity index (χ4n) is 2.87. The van der Waals surface area contributed by atoms with Crippen LogP contribution >= 0.6 is 0 Å². The van der Waals surface area contributed by atoms with Crippen molar-refractivity contribution in [3.63, 3.8) is 0 Å². The van der Waals surface area contributed by atoms with E-state index in [-0.39, 0.29) is 0 Å². The summed E-state index contributed by atoms with van der Waals surface area (Å²) in [6.07, 6.45) is 4.62. The maximum Gasteiger partial charge on any atom is -0.0329 e. The van der Waals surface area contributed by atoms with Crippen LogP contribution in [-0.2, 0) is 0 Å². The third kappa shape index (κ3) is 0.720. The Labute approximate surface area is 57.6 Å². The highest BCUT2D eigenvalue weighted by molar-refractivity contribution is 5.01. The summed E-state index contributed by atoms with van der Waals surface area (Å²) >= 11 is 0. The molecule has 0 aromatic carbocycles. The molecule has 2 aliphatic rings. The Morgan fingerprint density at radius 2 is 1.67 bits per heavy atom. The minimum atomic E-state index is 0.972. The topological polar surface area (TPSA) is 0 Å². The first-order chi connectivity index (χ1) is 4.30. The zero-order valence-electron chi connectivity index (χ0n) is 6.43. The molecule has 0 nitrogen and oxygen atoms in total. The first-order valence-corrected chi connectivity index (χ1v) is 4.30. The molecule has 0 amide bonds. The van der Waals surface area contributed by atoms with Crippen molar-refractivity contribution >= 4 is 0 Å². The smallest absolute Gasteiger partial charge is 0.0329 e. The van der Waals surface area contributed by atoms with Gasteiger partial charge in [0.15, 0.2) is 0 Å². The van der Waals surface area contributed by atoms with Gasteiger partial charge in [0.2, 0.25) is 0 Å². The van der Waals surface area contributed by atoms with Crippen LogP contribution in [0.3, 0.4) is 0 Å². The Kier molecular flexibility index (Phi) is 1.12. The Morgan fingerprint density at radius 3 is 2.00 bits per heavy atom. The van der Waals surface area contributed by atoms with Gasteiger partial charge in [-0.05, 0) is 36.5 Å². The lowest BCUT2D eigenvalue weighted by molar-refractivity contribution is 0.456. The summed E-state index contributed by atoms with van der Waals surface area (Å²) in [6.45, 7) is 4.76. The van der Waals surface area contributed by atoms with Gasteiger partial charge in [0.25, 0.3) is 0 Å². The first kappa shape index (κ1) is 5.76. The molecule has 2 saturated carbocycles. The first-order valence-electron chi connectivity index (χ1n) is 4.30. The van der Waals surface area contributed by atoms with Gasteiger partial charge in [0.05, 0.1) is 0 Å². The molecule has 0 saturated heterocycles. The maximum absolute atomic E-state index is 2.38. The molecule has 3 atom stereocenters. The Balaban J connectivity index is 1.94. The fraction of sp³-hybridized carbons (Fsp3) is 1.00. The molecule has 2 fully saturated rings. The molecule has 0 aromatic rings. The molecule has 0 aromatic heterocycles. The summed E-state index contributed by atoms with van der Waals surface area (Å²) in [5.74, 6) is 4.45. The minimum absolute atomic E-state index is 0.972. The van der Waals surface area contributed by atoms with Gasteiger partial charge in [0.1, 0.15) is 0 Å². The van der Waals surface area contributed by atoms with Crippen LogP contribution in [-0.4, -0.2) is 0 Å². The van der Waals surface area contributed by atoms with E-state index in [0.717, 1.165) is 11.8 Å². The Bertz CT molecular complexity index is 105. The van der Waals surface area contributed by atoms with Gasteiger partial charge in [0, 0.05) is 0 Å². The van der Waals surface area contributed by atoms with Gasteiger partial charge >= 0.3 is 0 Å². The molecular formula is C9H16. The highest BCUT2D eigenvalue weighted by atomic mass is 14.6. The normalized spacial score (nSPS) is 47.7. The van der Waals surface area contributed by atoms with Crippen molar-refractivity contribution in [2.45, 2.75) is 33.1 Å². The van der Waals surface area contributed by atoms with Crippen molar-refractivity contribution in [3.8, 4) is 0 Å². The molecule has 2 rings (SSSR count). The maximum atomic E-state index is 2.38. The molecule has 1 unspecified atom stereocenters. The van der Waals surface area contributed by atoms with Gasteiger partial charge in [-0.1, -0.05) is 20.3 Å². The second kappa shape index (κ2) is 1.74. The molecule has 0 radical (unpaired) electrons. The molecule has 0 bridgehead atoms. The van der Waals surface area contributed by atoms with Crippen LogP contribution in [0, 0.1) is 23.7 Å². The summed E-state index contributed by atoms with van der Waals surface area (Å²) in [7, 11) is 0. The third-order valence-corrected chi connectivity index (χ3v) is 3.24. The van der Waals surface area contributed by atoms with Crippen LogP contribution in [0.1, 0.15) is 33.1 Å². The van der Waals surface area contributed by atoms with Gasteiger partial charge < -0.3 is 0 Å². The van der Waals surface area contributed by atoms with Crippen molar-refractivity contribution in [1.82, 2.24) is 0 Å². The largest absolute Gasteiger partial charge is 0.0625 e. The van der Waals surface area contributed by atoms with Crippen LogP contribution in [0.2, 0.25) is 0 Å². The van der Waals surface area contributed by atoms with Crippen molar-refractivity contribution in [1.29, 1.82) is 0 Å². The number of hydrogen-bond donors (Lipinski definition) is 0. The summed E-state index contributed by atoms with van der Waals surface area (Å²) in [5.41, 5.74) is 0. The van der Waals surface area contributed by atoms with E-state index in [1.807, 2.05) is 0 Å². The van der Waals surface area contributed by atoms with Gasteiger partial charge in [-0.15, -0.1) is 0 Å². The van der Waals surface area contributed by atoms with Crippen LogP contribution in [0.5, 0.6) is 0 Å². The summed E-state index contributed by atoms with van der Waals surface area (Å²) in [4.78, 5) is 0. The zero-order valence-corrected chi connectivity index (χ0v) is 6.43. The van der Waals surface area contributed by atoms with Crippen molar-refractivity contribution in [3.05, 3.63) is 0 Å². The summed E-state index contributed by atoms with van der Waals surface area (Å²) in [5, 5.41) is 0. The van der Waals surface area contributed by atoms with E-state index in [4.69, 9.17) is 0 Å². The van der Waals surface area contributed by atoms with E-state index in [9.17, 15) is 0 Å². The van der Waals surface area contributed by atoms with Gasteiger partial charge in [-0.3, -0.25) is 0 Å². The second-order valence-corrected chi connectivity index (χ2v) is 4.08. The molecule has 0 heterocycles. The number of fused-ring (bicyclic) bond motifs is 1. The lowest BCUT2D eigenvalue weighted by Gasteiger charge is -2.04. The predicted molar refractivity (Wildman–Crippen MR) is 39.2 cm³/mol. The molecule has 0 N–H and O–H groups in total. The molecular weight excluding hydrogens is 108 g/mol. The summed E-state index contributed by atoms with van der Waals surface area (Å²) < 4.78 is 0. The summed E-state index contributed by atoms with van der Waals surface area (Å²) in [6, 6.07) is 0. The van der Waals surface area contributed by atoms with E-state index in [1.165, 1.54) is 18.3 Å². The fourth-order valence-corrected chi connectivity index (χ4v) is 2.87. The van der Waals surface area contributed by atoms with E-state index < -0.39 is 0 Å². The van der Waals surface area contributed by atoms with E-state index in [1.54, 1.807) is 12.8 Å². The Morgan fingerprint density at radius 1 is 1.11 bits per heavy atom.